The third-order valence-electron chi connectivity index (χ3n) is 4.83. The van der Waals surface area contributed by atoms with E-state index in [9.17, 15) is 4.39 Å². The predicted molar refractivity (Wildman–Crippen MR) is 107 cm³/mol. The Morgan fingerprint density at radius 2 is 1.89 bits per heavy atom. The van der Waals surface area contributed by atoms with Crippen LogP contribution in [0.3, 0.4) is 0 Å². The van der Waals surface area contributed by atoms with Crippen LogP contribution in [0.1, 0.15) is 25.7 Å². The smallest absolute Gasteiger partial charge is 0.227 e. The molecule has 0 atom stereocenters. The number of hydrogen-bond donors (Lipinski definition) is 2. The van der Waals surface area contributed by atoms with Gasteiger partial charge >= 0.3 is 0 Å². The summed E-state index contributed by atoms with van der Waals surface area (Å²) in [5.74, 6) is 2.04. The Labute approximate surface area is 163 Å². The quantitative estimate of drug-likeness (QED) is 0.690. The Kier molecular flexibility index (Phi) is 5.36. The summed E-state index contributed by atoms with van der Waals surface area (Å²) in [5.41, 5.74) is 0.999. The van der Waals surface area contributed by atoms with Crippen molar-refractivity contribution in [1.29, 1.82) is 0 Å². The number of ether oxygens (including phenoxy) is 1. The van der Waals surface area contributed by atoms with Gasteiger partial charge in [-0.3, -0.25) is 5.10 Å². The highest BCUT2D eigenvalue weighted by molar-refractivity contribution is 5.66. The average molecular weight is 382 g/mol. The van der Waals surface area contributed by atoms with E-state index >= 15 is 0 Å². The standard InChI is InChI=1S/C20H23FN6O/c1-28-14-6-7-15(16(21)12-14)17-13-19(26-25-17)23-18-8-9-22-20(24-18)27-10-4-2-3-5-11-27/h6-9,12-13H,2-5,10-11H2,1H3,(H2,22,23,24,25,26). The predicted octanol–water partition coefficient (Wildman–Crippen LogP) is 4.14. The first-order chi connectivity index (χ1) is 13.7. The van der Waals surface area contributed by atoms with Crippen LogP contribution in [-0.2, 0) is 0 Å². The molecule has 1 aliphatic rings. The number of nitrogens with one attached hydrogen (secondary N) is 2. The van der Waals surface area contributed by atoms with Gasteiger partial charge in [0.2, 0.25) is 5.95 Å². The van der Waals surface area contributed by atoms with Crippen LogP contribution < -0.4 is 15.0 Å². The topological polar surface area (TPSA) is 79.0 Å². The second kappa shape index (κ2) is 8.24. The van der Waals surface area contributed by atoms with Gasteiger partial charge in [-0.1, -0.05) is 12.8 Å². The lowest BCUT2D eigenvalue weighted by molar-refractivity contribution is 0.411. The van der Waals surface area contributed by atoms with E-state index in [1.165, 1.54) is 26.0 Å². The van der Waals surface area contributed by atoms with Crippen molar-refractivity contribution < 1.29 is 9.13 Å². The summed E-state index contributed by atoms with van der Waals surface area (Å²) in [6, 6.07) is 8.27. The van der Waals surface area contributed by atoms with Gasteiger partial charge in [-0.05, 0) is 31.0 Å². The van der Waals surface area contributed by atoms with Gasteiger partial charge < -0.3 is 15.0 Å². The minimum Gasteiger partial charge on any atom is -0.497 e. The van der Waals surface area contributed by atoms with Crippen molar-refractivity contribution in [2.75, 3.05) is 30.4 Å². The van der Waals surface area contributed by atoms with Gasteiger partial charge in [-0.15, -0.1) is 0 Å². The van der Waals surface area contributed by atoms with Crippen molar-refractivity contribution in [2.45, 2.75) is 25.7 Å². The largest absolute Gasteiger partial charge is 0.497 e. The van der Waals surface area contributed by atoms with Crippen LogP contribution in [0, 0.1) is 5.82 Å². The molecule has 1 aliphatic heterocycles. The number of aromatic nitrogens is 4. The minimum atomic E-state index is -0.375. The first kappa shape index (κ1) is 18.2. The van der Waals surface area contributed by atoms with E-state index in [1.54, 1.807) is 30.5 Å². The summed E-state index contributed by atoms with van der Waals surface area (Å²) in [7, 11) is 1.51. The molecule has 0 bridgehead atoms. The number of aromatic amines is 1. The summed E-state index contributed by atoms with van der Waals surface area (Å²) in [6.07, 6.45) is 6.58. The van der Waals surface area contributed by atoms with Crippen molar-refractivity contribution in [3.8, 4) is 17.0 Å². The van der Waals surface area contributed by atoms with Crippen LogP contribution in [0.15, 0.2) is 36.5 Å². The number of halogens is 1. The second-order valence-corrected chi connectivity index (χ2v) is 6.78. The van der Waals surface area contributed by atoms with E-state index in [1.807, 2.05) is 0 Å². The molecule has 2 N–H and O–H groups in total. The maximum Gasteiger partial charge on any atom is 0.227 e. The average Bonchev–Trinajstić information content (AvgIpc) is 2.99. The molecule has 3 heterocycles. The third-order valence-corrected chi connectivity index (χ3v) is 4.83. The summed E-state index contributed by atoms with van der Waals surface area (Å²) in [5, 5.41) is 10.2. The molecule has 0 saturated carbocycles. The van der Waals surface area contributed by atoms with Crippen molar-refractivity contribution in [3.05, 3.63) is 42.3 Å². The molecular formula is C20H23FN6O. The van der Waals surface area contributed by atoms with E-state index in [0.717, 1.165) is 31.9 Å². The zero-order valence-electron chi connectivity index (χ0n) is 15.8. The SMILES string of the molecule is COc1ccc(-c2cc(Nc3ccnc(N4CCCCCC4)n3)n[nH]2)c(F)c1. The lowest BCUT2D eigenvalue weighted by atomic mass is 10.1. The molecule has 8 heteroatoms. The molecule has 28 heavy (non-hydrogen) atoms. The number of rotatable bonds is 5. The van der Waals surface area contributed by atoms with E-state index in [4.69, 9.17) is 4.74 Å². The fraction of sp³-hybridized carbons (Fsp3) is 0.350. The molecule has 1 aromatic carbocycles. The Morgan fingerprint density at radius 3 is 2.64 bits per heavy atom. The van der Waals surface area contributed by atoms with Crippen LogP contribution in [-0.4, -0.2) is 40.4 Å². The number of benzene rings is 1. The molecule has 2 aromatic heterocycles. The summed E-state index contributed by atoms with van der Waals surface area (Å²) < 4.78 is 19.3. The summed E-state index contributed by atoms with van der Waals surface area (Å²) in [6.45, 7) is 1.96. The zero-order valence-corrected chi connectivity index (χ0v) is 15.8. The molecule has 4 rings (SSSR count). The molecule has 0 amide bonds. The first-order valence-electron chi connectivity index (χ1n) is 9.47. The summed E-state index contributed by atoms with van der Waals surface area (Å²) in [4.78, 5) is 11.3. The van der Waals surface area contributed by atoms with Crippen molar-refractivity contribution in [3.63, 3.8) is 0 Å². The molecule has 146 valence electrons. The van der Waals surface area contributed by atoms with Crippen molar-refractivity contribution in [2.24, 2.45) is 0 Å². The fourth-order valence-corrected chi connectivity index (χ4v) is 3.34. The van der Waals surface area contributed by atoms with E-state index in [-0.39, 0.29) is 5.82 Å². The van der Waals surface area contributed by atoms with Gasteiger partial charge in [0.1, 0.15) is 17.4 Å². The van der Waals surface area contributed by atoms with E-state index < -0.39 is 0 Å². The molecular weight excluding hydrogens is 359 g/mol. The van der Waals surface area contributed by atoms with Crippen LogP contribution in [0.2, 0.25) is 0 Å². The van der Waals surface area contributed by atoms with Gasteiger partial charge in [0.25, 0.3) is 0 Å². The highest BCUT2D eigenvalue weighted by atomic mass is 19.1. The Morgan fingerprint density at radius 1 is 1.07 bits per heavy atom. The number of hydrogen-bond acceptors (Lipinski definition) is 6. The van der Waals surface area contributed by atoms with Crippen LogP contribution in [0.25, 0.3) is 11.3 Å². The number of nitrogens with zero attached hydrogens (tertiary/aromatic N) is 4. The molecule has 7 nitrogen and oxygen atoms in total. The minimum absolute atomic E-state index is 0.375. The molecule has 1 saturated heterocycles. The highest BCUT2D eigenvalue weighted by Crippen LogP contribution is 2.27. The monoisotopic (exact) mass is 382 g/mol. The number of methoxy groups -OCH3 is 1. The molecule has 0 spiro atoms. The first-order valence-corrected chi connectivity index (χ1v) is 9.47. The maximum absolute atomic E-state index is 14.3. The van der Waals surface area contributed by atoms with E-state index in [2.05, 4.69) is 30.4 Å². The van der Waals surface area contributed by atoms with Crippen LogP contribution in [0.4, 0.5) is 22.0 Å². The van der Waals surface area contributed by atoms with Gasteiger partial charge in [0, 0.05) is 37.0 Å². The second-order valence-electron chi connectivity index (χ2n) is 6.78. The van der Waals surface area contributed by atoms with Crippen molar-refractivity contribution in [1.82, 2.24) is 20.2 Å². The Hall–Kier alpha value is -3.16. The molecule has 0 radical (unpaired) electrons. The van der Waals surface area contributed by atoms with Gasteiger partial charge in [-0.25, -0.2) is 9.37 Å². The number of anilines is 3. The fourth-order valence-electron chi connectivity index (χ4n) is 3.34. The molecule has 0 aliphatic carbocycles. The summed E-state index contributed by atoms with van der Waals surface area (Å²) >= 11 is 0. The van der Waals surface area contributed by atoms with Crippen LogP contribution in [0.5, 0.6) is 5.75 Å². The van der Waals surface area contributed by atoms with Gasteiger partial charge in [0.15, 0.2) is 5.82 Å². The maximum atomic E-state index is 14.3. The Balaban J connectivity index is 1.50. The molecule has 0 unspecified atom stereocenters. The third kappa shape index (κ3) is 4.05. The Bertz CT molecular complexity index is 936. The van der Waals surface area contributed by atoms with Crippen LogP contribution >= 0.6 is 0 Å². The lowest BCUT2D eigenvalue weighted by Crippen LogP contribution is -2.26. The van der Waals surface area contributed by atoms with E-state index in [0.29, 0.717) is 28.6 Å². The van der Waals surface area contributed by atoms with Crippen molar-refractivity contribution >= 4 is 17.6 Å². The molecule has 1 fully saturated rings. The number of H-pyrrole nitrogens is 1. The normalized spacial score (nSPS) is 14.6. The zero-order chi connectivity index (χ0) is 19.3. The lowest BCUT2D eigenvalue weighted by Gasteiger charge is -2.20. The van der Waals surface area contributed by atoms with Gasteiger partial charge in [0.05, 0.1) is 12.8 Å². The molecule has 3 aromatic rings. The van der Waals surface area contributed by atoms with Gasteiger partial charge in [-0.2, -0.15) is 10.1 Å². The highest BCUT2D eigenvalue weighted by Gasteiger charge is 2.14.